The molecule has 0 heterocycles. The third-order valence-electron chi connectivity index (χ3n) is 2.47. The molecule has 4 heteroatoms. The highest BCUT2D eigenvalue weighted by atomic mass is 35.5. The molecule has 0 bridgehead atoms. The van der Waals surface area contributed by atoms with Crippen LogP contribution in [0.5, 0.6) is 5.75 Å². The molecule has 0 fully saturated rings. The van der Waals surface area contributed by atoms with E-state index in [-0.39, 0.29) is 0 Å². The van der Waals surface area contributed by atoms with Crippen molar-refractivity contribution >= 4 is 23.4 Å². The van der Waals surface area contributed by atoms with E-state index in [2.05, 4.69) is 25.2 Å². The molecule has 0 aromatic heterocycles. The van der Waals surface area contributed by atoms with Crippen molar-refractivity contribution in [1.82, 2.24) is 5.32 Å². The van der Waals surface area contributed by atoms with Gasteiger partial charge in [0.2, 0.25) is 0 Å². The van der Waals surface area contributed by atoms with Gasteiger partial charge in [-0.2, -0.15) is 11.8 Å². The van der Waals surface area contributed by atoms with E-state index in [0.717, 1.165) is 37.6 Å². The maximum Gasteiger partial charge on any atom is 0.137 e. The van der Waals surface area contributed by atoms with Gasteiger partial charge < -0.3 is 10.1 Å². The second kappa shape index (κ2) is 9.54. The Morgan fingerprint density at radius 3 is 2.83 bits per heavy atom. The smallest absolute Gasteiger partial charge is 0.137 e. The number of rotatable bonds is 9. The third-order valence-corrected chi connectivity index (χ3v) is 3.75. The van der Waals surface area contributed by atoms with E-state index in [4.69, 9.17) is 16.3 Å². The van der Waals surface area contributed by atoms with Crippen LogP contribution in [0, 0.1) is 0 Å². The molecule has 2 nitrogen and oxygen atoms in total. The van der Waals surface area contributed by atoms with Crippen LogP contribution in [0.2, 0.25) is 5.02 Å². The summed E-state index contributed by atoms with van der Waals surface area (Å²) in [6.07, 6.45) is 1.06. The van der Waals surface area contributed by atoms with Crippen molar-refractivity contribution in [3.05, 3.63) is 28.8 Å². The molecule has 0 atom stereocenters. The first-order valence-electron chi connectivity index (χ1n) is 6.47. The van der Waals surface area contributed by atoms with Crippen LogP contribution in [0.1, 0.15) is 25.8 Å². The minimum Gasteiger partial charge on any atom is -0.492 e. The molecule has 0 radical (unpaired) electrons. The maximum atomic E-state index is 6.19. The fourth-order valence-corrected chi connectivity index (χ4v) is 2.40. The molecule has 1 aromatic carbocycles. The zero-order valence-corrected chi connectivity index (χ0v) is 12.7. The molecule has 0 spiro atoms. The second-order valence-electron chi connectivity index (χ2n) is 3.94. The fourth-order valence-electron chi connectivity index (χ4n) is 1.53. The highest BCUT2D eigenvalue weighted by Gasteiger charge is 2.02. The average Bonchev–Trinajstić information content (AvgIpc) is 2.38. The lowest BCUT2D eigenvalue weighted by molar-refractivity contribution is 0.319. The first-order valence-corrected chi connectivity index (χ1v) is 8.00. The van der Waals surface area contributed by atoms with Crippen molar-refractivity contribution < 1.29 is 4.74 Å². The third kappa shape index (κ3) is 5.98. The normalized spacial score (nSPS) is 10.6. The van der Waals surface area contributed by atoms with Crippen molar-refractivity contribution in [3.63, 3.8) is 0 Å². The van der Waals surface area contributed by atoms with Crippen LogP contribution in [-0.2, 0) is 6.54 Å². The molecule has 0 saturated heterocycles. The highest BCUT2D eigenvalue weighted by molar-refractivity contribution is 7.99. The van der Waals surface area contributed by atoms with Gasteiger partial charge in [0.05, 0.1) is 11.6 Å². The van der Waals surface area contributed by atoms with Crippen LogP contribution >= 0.6 is 23.4 Å². The van der Waals surface area contributed by atoms with Gasteiger partial charge >= 0.3 is 0 Å². The Hall–Kier alpha value is -0.380. The molecule has 0 amide bonds. The Kier molecular flexibility index (Phi) is 8.31. The lowest BCUT2D eigenvalue weighted by Crippen LogP contribution is -2.11. The minimum absolute atomic E-state index is 0.702. The van der Waals surface area contributed by atoms with Crippen LogP contribution in [0.4, 0.5) is 0 Å². The molecule has 0 aliphatic carbocycles. The predicted molar refractivity (Wildman–Crippen MR) is 81.9 cm³/mol. The summed E-state index contributed by atoms with van der Waals surface area (Å²) in [6.45, 7) is 6.81. The van der Waals surface area contributed by atoms with Gasteiger partial charge in [0.1, 0.15) is 5.75 Å². The molecule has 0 unspecified atom stereocenters. The molecular weight excluding hydrogens is 266 g/mol. The Labute approximate surface area is 119 Å². The van der Waals surface area contributed by atoms with Crippen LogP contribution < -0.4 is 10.1 Å². The van der Waals surface area contributed by atoms with Crippen LogP contribution in [-0.4, -0.2) is 24.7 Å². The first-order chi connectivity index (χ1) is 8.77. The van der Waals surface area contributed by atoms with Crippen LogP contribution in [0.3, 0.4) is 0 Å². The zero-order chi connectivity index (χ0) is 13.2. The van der Waals surface area contributed by atoms with Gasteiger partial charge in [-0.1, -0.05) is 31.5 Å². The quantitative estimate of drug-likeness (QED) is 0.695. The van der Waals surface area contributed by atoms with Crippen molar-refractivity contribution in [2.75, 3.05) is 24.7 Å². The van der Waals surface area contributed by atoms with Gasteiger partial charge in [-0.25, -0.2) is 0 Å². The number of ether oxygens (including phenoxy) is 1. The molecule has 1 N–H and O–H groups in total. The lowest BCUT2D eigenvalue weighted by Gasteiger charge is -2.09. The summed E-state index contributed by atoms with van der Waals surface area (Å²) in [6, 6.07) is 5.99. The number of halogens is 1. The predicted octanol–water partition coefficient (Wildman–Crippen LogP) is 3.97. The first kappa shape index (κ1) is 15.7. The number of hydrogen-bond donors (Lipinski definition) is 1. The summed E-state index contributed by atoms with van der Waals surface area (Å²) in [5.74, 6) is 3.10. The van der Waals surface area contributed by atoms with E-state index >= 15 is 0 Å². The van der Waals surface area contributed by atoms with Crippen molar-refractivity contribution in [2.45, 2.75) is 26.8 Å². The number of thioether (sulfide) groups is 1. The summed E-state index contributed by atoms with van der Waals surface area (Å²) < 4.78 is 5.68. The minimum atomic E-state index is 0.702. The van der Waals surface area contributed by atoms with Crippen molar-refractivity contribution in [2.24, 2.45) is 0 Å². The number of hydrogen-bond acceptors (Lipinski definition) is 3. The van der Waals surface area contributed by atoms with Gasteiger partial charge in [-0.15, -0.1) is 0 Å². The molecule has 18 heavy (non-hydrogen) atoms. The number of benzene rings is 1. The topological polar surface area (TPSA) is 21.3 Å². The fraction of sp³-hybridized carbons (Fsp3) is 0.571. The van der Waals surface area contributed by atoms with Gasteiger partial charge in [0, 0.05) is 6.54 Å². The van der Waals surface area contributed by atoms with Crippen molar-refractivity contribution in [3.8, 4) is 5.75 Å². The lowest BCUT2D eigenvalue weighted by atomic mass is 10.2. The standard InChI is InChI=1S/C14H22ClNOS/c1-3-16-11-12-6-7-14(13(15)10-12)17-8-5-9-18-4-2/h6-7,10,16H,3-5,8-9,11H2,1-2H3. The van der Waals surface area contributed by atoms with Crippen molar-refractivity contribution in [1.29, 1.82) is 0 Å². The monoisotopic (exact) mass is 287 g/mol. The second-order valence-corrected chi connectivity index (χ2v) is 5.75. The van der Waals surface area contributed by atoms with E-state index < -0.39 is 0 Å². The Morgan fingerprint density at radius 2 is 2.17 bits per heavy atom. The molecule has 102 valence electrons. The summed E-state index contributed by atoms with van der Waals surface area (Å²) >= 11 is 8.13. The van der Waals surface area contributed by atoms with E-state index in [1.54, 1.807) is 0 Å². The Balaban J connectivity index is 2.37. The average molecular weight is 288 g/mol. The number of nitrogens with one attached hydrogen (secondary N) is 1. The SMILES string of the molecule is CCNCc1ccc(OCCCSCC)c(Cl)c1. The van der Waals surface area contributed by atoms with Crippen LogP contribution in [0.15, 0.2) is 18.2 Å². The van der Waals surface area contributed by atoms with Gasteiger partial charge in [0.15, 0.2) is 0 Å². The largest absolute Gasteiger partial charge is 0.492 e. The van der Waals surface area contributed by atoms with Gasteiger partial charge in [-0.05, 0) is 42.2 Å². The molecule has 0 aliphatic rings. The Morgan fingerprint density at radius 1 is 1.33 bits per heavy atom. The molecule has 0 saturated carbocycles. The summed E-state index contributed by atoms with van der Waals surface area (Å²) in [5, 5.41) is 3.98. The summed E-state index contributed by atoms with van der Waals surface area (Å²) in [4.78, 5) is 0. The summed E-state index contributed by atoms with van der Waals surface area (Å²) in [5.41, 5.74) is 1.19. The summed E-state index contributed by atoms with van der Waals surface area (Å²) in [7, 11) is 0. The van der Waals surface area contributed by atoms with E-state index in [9.17, 15) is 0 Å². The molecular formula is C14H22ClNOS. The maximum absolute atomic E-state index is 6.19. The van der Waals surface area contributed by atoms with Gasteiger partial charge in [-0.3, -0.25) is 0 Å². The molecule has 1 rings (SSSR count). The van der Waals surface area contributed by atoms with E-state index in [1.165, 1.54) is 11.3 Å². The van der Waals surface area contributed by atoms with E-state index in [0.29, 0.717) is 5.02 Å². The Bertz CT molecular complexity index is 347. The zero-order valence-electron chi connectivity index (χ0n) is 11.2. The molecule has 0 aliphatic heterocycles. The molecule has 1 aromatic rings. The van der Waals surface area contributed by atoms with E-state index in [1.807, 2.05) is 23.9 Å². The highest BCUT2D eigenvalue weighted by Crippen LogP contribution is 2.25. The van der Waals surface area contributed by atoms with Gasteiger partial charge in [0.25, 0.3) is 0 Å². The van der Waals surface area contributed by atoms with Crippen LogP contribution in [0.25, 0.3) is 0 Å².